The van der Waals surface area contributed by atoms with Gasteiger partial charge in [-0.15, -0.1) is 0 Å². The van der Waals surface area contributed by atoms with Gasteiger partial charge in [0.05, 0.1) is 18.9 Å². The maximum Gasteiger partial charge on any atom is 0.272 e. The van der Waals surface area contributed by atoms with Crippen LogP contribution in [0.25, 0.3) is 0 Å². The van der Waals surface area contributed by atoms with Gasteiger partial charge >= 0.3 is 0 Å². The fourth-order valence-corrected chi connectivity index (χ4v) is 3.12. The van der Waals surface area contributed by atoms with Crippen molar-refractivity contribution in [1.29, 1.82) is 0 Å². The number of hydrogen-bond acceptors (Lipinski definition) is 4. The first-order chi connectivity index (χ1) is 13.7. The number of hydrogen-bond donors (Lipinski definition) is 1. The molecule has 0 saturated heterocycles. The van der Waals surface area contributed by atoms with Crippen LogP contribution in [0.5, 0.6) is 11.5 Å². The van der Waals surface area contributed by atoms with E-state index in [1.54, 1.807) is 19.4 Å². The first-order valence-corrected chi connectivity index (χ1v) is 9.68. The van der Waals surface area contributed by atoms with E-state index in [1.807, 2.05) is 66.7 Å². The smallest absolute Gasteiger partial charge is 0.272 e. The quantitative estimate of drug-likeness (QED) is 0.301. The molecule has 0 aliphatic carbocycles. The molecule has 0 bridgehead atoms. The average Bonchev–Trinajstić information content (AvgIpc) is 2.73. The lowest BCUT2D eigenvalue weighted by Crippen LogP contribution is -2.18. The Morgan fingerprint density at radius 2 is 1.79 bits per heavy atom. The Balaban J connectivity index is 1.63. The number of hydrazone groups is 1. The Bertz CT molecular complexity index is 975. The number of ether oxygens (including phenoxy) is 2. The summed E-state index contributed by atoms with van der Waals surface area (Å²) < 4.78 is 12.1. The molecule has 0 aromatic heterocycles. The van der Waals surface area contributed by atoms with Crippen molar-refractivity contribution in [3.63, 3.8) is 0 Å². The van der Waals surface area contributed by atoms with E-state index in [0.29, 0.717) is 23.7 Å². The van der Waals surface area contributed by atoms with Crippen LogP contribution in [0, 0.1) is 3.57 Å². The van der Waals surface area contributed by atoms with E-state index in [-0.39, 0.29) is 5.91 Å². The molecule has 0 fully saturated rings. The molecule has 0 radical (unpaired) electrons. The Kier molecular flexibility index (Phi) is 7.02. The summed E-state index contributed by atoms with van der Waals surface area (Å²) in [5.41, 5.74) is 4.99. The lowest BCUT2D eigenvalue weighted by Gasteiger charge is -2.11. The summed E-state index contributed by atoms with van der Waals surface area (Å²) in [5, 5.41) is 4.03. The van der Waals surface area contributed by atoms with Crippen LogP contribution in [0.1, 0.15) is 21.5 Å². The molecule has 0 heterocycles. The van der Waals surface area contributed by atoms with E-state index in [9.17, 15) is 4.79 Å². The summed E-state index contributed by atoms with van der Waals surface area (Å²) in [4.78, 5) is 12.2. The van der Waals surface area contributed by atoms with Gasteiger partial charge in [0.2, 0.25) is 0 Å². The summed E-state index contributed by atoms with van der Waals surface area (Å²) in [6, 6.07) is 22.7. The highest BCUT2D eigenvalue weighted by atomic mass is 127. The summed E-state index contributed by atoms with van der Waals surface area (Å²) in [7, 11) is 1.59. The maximum absolute atomic E-state index is 12.2. The third-order valence-electron chi connectivity index (χ3n) is 3.92. The molecule has 0 aliphatic rings. The largest absolute Gasteiger partial charge is 0.493 e. The van der Waals surface area contributed by atoms with Gasteiger partial charge in [0.15, 0.2) is 11.5 Å². The van der Waals surface area contributed by atoms with Crippen LogP contribution in [0.3, 0.4) is 0 Å². The van der Waals surface area contributed by atoms with Crippen molar-refractivity contribution in [2.75, 3.05) is 7.11 Å². The zero-order chi connectivity index (χ0) is 19.8. The molecule has 1 N–H and O–H groups in total. The van der Waals surface area contributed by atoms with E-state index < -0.39 is 0 Å². The second-order valence-electron chi connectivity index (χ2n) is 5.86. The summed E-state index contributed by atoms with van der Waals surface area (Å²) in [6.07, 6.45) is 1.57. The predicted molar refractivity (Wildman–Crippen MR) is 118 cm³/mol. The molecule has 0 unspecified atom stereocenters. The van der Waals surface area contributed by atoms with Gasteiger partial charge in [-0.1, -0.05) is 42.5 Å². The molecule has 3 rings (SSSR count). The Labute approximate surface area is 177 Å². The van der Waals surface area contributed by atoms with Crippen LogP contribution in [0.2, 0.25) is 0 Å². The monoisotopic (exact) mass is 486 g/mol. The summed E-state index contributed by atoms with van der Waals surface area (Å²) in [5.74, 6) is 0.992. The van der Waals surface area contributed by atoms with Crippen LogP contribution in [-0.4, -0.2) is 19.2 Å². The van der Waals surface area contributed by atoms with Crippen molar-refractivity contribution < 1.29 is 14.3 Å². The molecule has 5 nitrogen and oxygen atoms in total. The maximum atomic E-state index is 12.2. The van der Waals surface area contributed by atoms with Crippen molar-refractivity contribution in [2.45, 2.75) is 6.61 Å². The molecular formula is C22H19IN2O3. The molecule has 3 aromatic carbocycles. The van der Waals surface area contributed by atoms with Crippen LogP contribution in [0.15, 0.2) is 77.9 Å². The number of benzene rings is 3. The average molecular weight is 486 g/mol. The fourth-order valence-electron chi connectivity index (χ4n) is 2.49. The number of amides is 1. The predicted octanol–water partition coefficient (Wildman–Crippen LogP) is 4.64. The standard InChI is InChI=1S/C22H19IN2O3/c1-27-21-13-17(11-12-20(21)28-15-16-7-3-2-4-8-16)14-24-25-22(26)18-9-5-6-10-19(18)23/h2-14H,15H2,1H3,(H,25,26)/b24-14-. The third kappa shape index (κ3) is 5.32. The minimum atomic E-state index is -0.254. The van der Waals surface area contributed by atoms with Gasteiger partial charge in [0, 0.05) is 3.57 Å². The second-order valence-corrected chi connectivity index (χ2v) is 7.03. The van der Waals surface area contributed by atoms with Gasteiger partial charge in [-0.05, 0) is 64.0 Å². The zero-order valence-electron chi connectivity index (χ0n) is 15.3. The van der Waals surface area contributed by atoms with Gasteiger partial charge in [-0.2, -0.15) is 5.10 Å². The van der Waals surface area contributed by atoms with E-state index >= 15 is 0 Å². The summed E-state index contributed by atoms with van der Waals surface area (Å²) >= 11 is 2.12. The van der Waals surface area contributed by atoms with Gasteiger partial charge < -0.3 is 9.47 Å². The van der Waals surface area contributed by atoms with Crippen LogP contribution >= 0.6 is 22.6 Å². The van der Waals surface area contributed by atoms with Gasteiger partial charge in [-0.3, -0.25) is 4.79 Å². The Morgan fingerprint density at radius 1 is 1.04 bits per heavy atom. The Morgan fingerprint density at radius 3 is 2.54 bits per heavy atom. The Hall–Kier alpha value is -2.87. The topological polar surface area (TPSA) is 59.9 Å². The number of nitrogens with zero attached hydrogens (tertiary/aromatic N) is 1. The summed E-state index contributed by atoms with van der Waals surface area (Å²) in [6.45, 7) is 0.455. The minimum Gasteiger partial charge on any atom is -0.493 e. The molecule has 3 aromatic rings. The lowest BCUT2D eigenvalue weighted by atomic mass is 10.2. The van der Waals surface area contributed by atoms with E-state index in [4.69, 9.17) is 9.47 Å². The number of methoxy groups -OCH3 is 1. The minimum absolute atomic E-state index is 0.254. The van der Waals surface area contributed by atoms with E-state index in [0.717, 1.165) is 14.7 Å². The van der Waals surface area contributed by atoms with Crippen molar-refractivity contribution in [3.05, 3.63) is 93.1 Å². The number of carbonyl (C=O) groups is 1. The van der Waals surface area contributed by atoms with E-state index in [1.165, 1.54) is 0 Å². The molecule has 0 aliphatic heterocycles. The molecule has 0 atom stereocenters. The zero-order valence-corrected chi connectivity index (χ0v) is 17.4. The van der Waals surface area contributed by atoms with Crippen LogP contribution < -0.4 is 14.9 Å². The SMILES string of the molecule is COc1cc(/C=N\NC(=O)c2ccccc2I)ccc1OCc1ccccc1. The van der Waals surface area contributed by atoms with Crippen molar-refractivity contribution in [1.82, 2.24) is 5.43 Å². The van der Waals surface area contributed by atoms with Crippen molar-refractivity contribution >= 4 is 34.7 Å². The molecule has 0 spiro atoms. The third-order valence-corrected chi connectivity index (χ3v) is 4.86. The van der Waals surface area contributed by atoms with Crippen LogP contribution in [-0.2, 0) is 6.61 Å². The highest BCUT2D eigenvalue weighted by molar-refractivity contribution is 14.1. The molecule has 0 saturated carbocycles. The fraction of sp³-hybridized carbons (Fsp3) is 0.0909. The molecule has 1 amide bonds. The van der Waals surface area contributed by atoms with E-state index in [2.05, 4.69) is 33.1 Å². The van der Waals surface area contributed by atoms with Crippen molar-refractivity contribution in [3.8, 4) is 11.5 Å². The molecular weight excluding hydrogens is 467 g/mol. The number of nitrogens with one attached hydrogen (secondary N) is 1. The van der Waals surface area contributed by atoms with Crippen LogP contribution in [0.4, 0.5) is 0 Å². The number of carbonyl (C=O) groups excluding carboxylic acids is 1. The highest BCUT2D eigenvalue weighted by Crippen LogP contribution is 2.28. The molecule has 28 heavy (non-hydrogen) atoms. The normalized spacial score (nSPS) is 10.6. The molecule has 142 valence electrons. The molecule has 6 heteroatoms. The van der Waals surface area contributed by atoms with Gasteiger partial charge in [0.25, 0.3) is 5.91 Å². The lowest BCUT2D eigenvalue weighted by molar-refractivity contribution is 0.0954. The highest BCUT2D eigenvalue weighted by Gasteiger charge is 2.08. The van der Waals surface area contributed by atoms with Crippen molar-refractivity contribution in [2.24, 2.45) is 5.10 Å². The number of rotatable bonds is 7. The number of halogens is 1. The van der Waals surface area contributed by atoms with Gasteiger partial charge in [-0.25, -0.2) is 5.43 Å². The first-order valence-electron chi connectivity index (χ1n) is 8.60. The first kappa shape index (κ1) is 19.9. The second kappa shape index (κ2) is 9.89. The van der Waals surface area contributed by atoms with Gasteiger partial charge in [0.1, 0.15) is 6.61 Å².